The number of rotatable bonds is 19. The van der Waals surface area contributed by atoms with Crippen LogP contribution in [0.25, 0.3) is 0 Å². The number of hydrogen-bond donors (Lipinski definition) is 0. The SMILES string of the molecule is C=CC(=O)OCCCCOC(=O)Oc1ccc(C(=O)Oc2ccc(OC(=O)c3ccc(OC(=O)OCCCCOC(=O)C=C)cc3)c(OC)c2)cc1. The lowest BCUT2D eigenvalue weighted by Crippen LogP contribution is -2.13. The fraction of sp³-hybridized carbons (Fsp3) is 0.243. The molecule has 3 aromatic rings. The second kappa shape index (κ2) is 21.4. The summed E-state index contributed by atoms with van der Waals surface area (Å²) in [6.07, 6.45) is 2.11. The van der Waals surface area contributed by atoms with Gasteiger partial charge in [-0.15, -0.1) is 0 Å². The average molecular weight is 721 g/mol. The largest absolute Gasteiger partial charge is 0.513 e. The number of hydrogen-bond acceptors (Lipinski definition) is 15. The zero-order valence-electron chi connectivity index (χ0n) is 28.2. The molecule has 0 atom stereocenters. The summed E-state index contributed by atoms with van der Waals surface area (Å²) in [5.41, 5.74) is 0.283. The van der Waals surface area contributed by atoms with Gasteiger partial charge in [0, 0.05) is 18.2 Å². The molecule has 0 amide bonds. The van der Waals surface area contributed by atoms with Gasteiger partial charge in [-0.1, -0.05) is 13.2 Å². The van der Waals surface area contributed by atoms with Crippen LogP contribution in [-0.4, -0.2) is 69.7 Å². The highest BCUT2D eigenvalue weighted by atomic mass is 16.7. The molecule has 52 heavy (non-hydrogen) atoms. The minimum Gasteiger partial charge on any atom is -0.493 e. The smallest absolute Gasteiger partial charge is 0.493 e. The third-order valence-corrected chi connectivity index (χ3v) is 6.47. The Balaban J connectivity index is 1.43. The summed E-state index contributed by atoms with van der Waals surface area (Å²) in [4.78, 5) is 71.3. The van der Waals surface area contributed by atoms with Gasteiger partial charge in [0.2, 0.25) is 0 Å². The average Bonchev–Trinajstić information content (AvgIpc) is 3.15. The second-order valence-electron chi connectivity index (χ2n) is 10.2. The Morgan fingerprint density at radius 2 is 0.904 bits per heavy atom. The maximum absolute atomic E-state index is 12.8. The molecule has 0 unspecified atom stereocenters. The molecule has 0 spiro atoms. The van der Waals surface area contributed by atoms with Crippen LogP contribution in [0, 0.1) is 0 Å². The molecule has 0 fully saturated rings. The molecule has 0 aliphatic heterocycles. The standard InChI is InChI=1S/C37H36O15/c1-4-32(38)45-20-6-8-22-47-36(42)50-27-14-10-25(11-15-27)34(40)49-29-18-19-30(31(24-29)44-3)52-35(41)26-12-16-28(17-13-26)51-37(43)48-23-9-7-21-46-33(39)5-2/h4-5,10-19,24H,1-2,6-9,20-23H2,3H3. The fourth-order valence-corrected chi connectivity index (χ4v) is 3.87. The Morgan fingerprint density at radius 3 is 1.33 bits per heavy atom. The molecule has 0 aliphatic carbocycles. The van der Waals surface area contributed by atoms with Gasteiger partial charge in [-0.05, 0) is 86.3 Å². The number of ether oxygens (including phenoxy) is 9. The van der Waals surface area contributed by atoms with Crippen molar-refractivity contribution in [2.24, 2.45) is 0 Å². The van der Waals surface area contributed by atoms with Gasteiger partial charge < -0.3 is 42.6 Å². The number of benzene rings is 3. The molecule has 0 aromatic heterocycles. The highest BCUT2D eigenvalue weighted by molar-refractivity contribution is 5.92. The van der Waals surface area contributed by atoms with Gasteiger partial charge in [0.15, 0.2) is 11.5 Å². The first kappa shape index (κ1) is 39.8. The zero-order valence-corrected chi connectivity index (χ0v) is 28.2. The van der Waals surface area contributed by atoms with Crippen molar-refractivity contribution < 1.29 is 71.4 Å². The minimum atomic E-state index is -0.942. The maximum Gasteiger partial charge on any atom is 0.513 e. The van der Waals surface area contributed by atoms with E-state index in [2.05, 4.69) is 13.2 Å². The van der Waals surface area contributed by atoms with Crippen LogP contribution < -0.4 is 23.7 Å². The molecule has 0 radical (unpaired) electrons. The molecule has 0 aliphatic rings. The Hall–Kier alpha value is -6.64. The molecular weight excluding hydrogens is 684 g/mol. The number of carbonyl (C=O) groups is 6. The van der Waals surface area contributed by atoms with Crippen molar-refractivity contribution in [3.63, 3.8) is 0 Å². The molecule has 15 heteroatoms. The Morgan fingerprint density at radius 1 is 0.500 bits per heavy atom. The minimum absolute atomic E-state index is 0.0416. The summed E-state index contributed by atoms with van der Waals surface area (Å²) in [7, 11) is 1.34. The quantitative estimate of drug-likeness (QED) is 0.0341. The van der Waals surface area contributed by atoms with E-state index in [-0.39, 0.29) is 66.3 Å². The van der Waals surface area contributed by atoms with E-state index in [1.54, 1.807) is 0 Å². The van der Waals surface area contributed by atoms with Gasteiger partial charge in [-0.2, -0.15) is 0 Å². The van der Waals surface area contributed by atoms with Gasteiger partial charge in [0.1, 0.15) is 17.2 Å². The monoisotopic (exact) mass is 720 g/mol. The molecule has 0 saturated heterocycles. The summed E-state index contributed by atoms with van der Waals surface area (Å²) in [5.74, 6) is -2.04. The summed E-state index contributed by atoms with van der Waals surface area (Å²) in [6.45, 7) is 7.04. The van der Waals surface area contributed by atoms with Gasteiger partial charge in [-0.25, -0.2) is 28.8 Å². The fourth-order valence-electron chi connectivity index (χ4n) is 3.87. The molecule has 15 nitrogen and oxygen atoms in total. The van der Waals surface area contributed by atoms with Crippen molar-refractivity contribution in [1.29, 1.82) is 0 Å². The first-order valence-electron chi connectivity index (χ1n) is 15.7. The molecule has 0 saturated carbocycles. The molecular formula is C37H36O15. The van der Waals surface area contributed by atoms with E-state index in [0.717, 1.165) is 12.2 Å². The summed E-state index contributed by atoms with van der Waals surface area (Å²) < 4.78 is 45.9. The number of carbonyl (C=O) groups excluding carboxylic acids is 6. The molecule has 0 heterocycles. The number of esters is 4. The van der Waals surface area contributed by atoms with Crippen molar-refractivity contribution in [2.75, 3.05) is 33.5 Å². The summed E-state index contributed by atoms with van der Waals surface area (Å²) in [6, 6.07) is 15.2. The van der Waals surface area contributed by atoms with E-state index in [4.69, 9.17) is 42.6 Å². The van der Waals surface area contributed by atoms with Crippen molar-refractivity contribution in [1.82, 2.24) is 0 Å². The van der Waals surface area contributed by atoms with Crippen LogP contribution >= 0.6 is 0 Å². The lowest BCUT2D eigenvalue weighted by molar-refractivity contribution is -0.138. The van der Waals surface area contributed by atoms with E-state index in [0.29, 0.717) is 25.7 Å². The lowest BCUT2D eigenvalue weighted by atomic mass is 10.2. The summed E-state index contributed by atoms with van der Waals surface area (Å²) >= 11 is 0. The predicted molar refractivity (Wildman–Crippen MR) is 181 cm³/mol. The van der Waals surface area contributed by atoms with E-state index in [1.807, 2.05) is 0 Å². The van der Waals surface area contributed by atoms with E-state index < -0.39 is 36.2 Å². The molecule has 274 valence electrons. The van der Waals surface area contributed by atoms with Gasteiger partial charge in [-0.3, -0.25) is 0 Å². The first-order chi connectivity index (χ1) is 25.1. The highest BCUT2D eigenvalue weighted by Crippen LogP contribution is 2.32. The third-order valence-electron chi connectivity index (χ3n) is 6.47. The predicted octanol–water partition coefficient (Wildman–Crippen LogP) is 6.18. The maximum atomic E-state index is 12.8. The van der Waals surface area contributed by atoms with Crippen LogP contribution in [0.5, 0.6) is 28.7 Å². The van der Waals surface area contributed by atoms with Crippen LogP contribution in [0.4, 0.5) is 9.59 Å². The van der Waals surface area contributed by atoms with Crippen molar-refractivity contribution in [3.05, 3.63) is 103 Å². The molecule has 3 rings (SSSR count). The van der Waals surface area contributed by atoms with Gasteiger partial charge >= 0.3 is 36.2 Å². The van der Waals surface area contributed by atoms with Gasteiger partial charge in [0.25, 0.3) is 0 Å². The van der Waals surface area contributed by atoms with Crippen LogP contribution in [0.1, 0.15) is 46.4 Å². The number of methoxy groups -OCH3 is 1. The van der Waals surface area contributed by atoms with Crippen molar-refractivity contribution >= 4 is 36.2 Å². The molecule has 0 bridgehead atoms. The van der Waals surface area contributed by atoms with E-state index in [9.17, 15) is 28.8 Å². The van der Waals surface area contributed by atoms with Crippen LogP contribution in [-0.2, 0) is 28.5 Å². The number of unbranched alkanes of at least 4 members (excludes halogenated alkanes) is 2. The Kier molecular flexibility index (Phi) is 16.4. The van der Waals surface area contributed by atoms with Crippen LogP contribution in [0.15, 0.2) is 92.0 Å². The Bertz CT molecular complexity index is 1710. The van der Waals surface area contributed by atoms with E-state index >= 15 is 0 Å². The van der Waals surface area contributed by atoms with Crippen molar-refractivity contribution in [2.45, 2.75) is 25.7 Å². The zero-order chi connectivity index (χ0) is 37.7. The van der Waals surface area contributed by atoms with Crippen LogP contribution in [0.3, 0.4) is 0 Å². The second-order valence-corrected chi connectivity index (χ2v) is 10.2. The molecule has 0 N–H and O–H groups in total. The van der Waals surface area contributed by atoms with E-state index in [1.165, 1.54) is 73.8 Å². The lowest BCUT2D eigenvalue weighted by Gasteiger charge is -2.12. The molecule has 3 aromatic carbocycles. The topological polar surface area (TPSA) is 185 Å². The van der Waals surface area contributed by atoms with Crippen LogP contribution in [0.2, 0.25) is 0 Å². The van der Waals surface area contributed by atoms with Crippen molar-refractivity contribution in [3.8, 4) is 28.7 Å². The first-order valence-corrected chi connectivity index (χ1v) is 15.7. The third kappa shape index (κ3) is 14.1. The summed E-state index contributed by atoms with van der Waals surface area (Å²) in [5, 5.41) is 0. The normalized spacial score (nSPS) is 10.1. The highest BCUT2D eigenvalue weighted by Gasteiger charge is 2.17. The Labute approximate surface area is 298 Å². The van der Waals surface area contributed by atoms with Gasteiger partial charge in [0.05, 0.1) is 44.7 Å².